The third kappa shape index (κ3) is 3.40. The number of hydrogen-bond donors (Lipinski definition) is 1. The van der Waals surface area contributed by atoms with E-state index in [0.29, 0.717) is 6.04 Å². The van der Waals surface area contributed by atoms with Crippen molar-refractivity contribution < 1.29 is 0 Å². The van der Waals surface area contributed by atoms with E-state index in [-0.39, 0.29) is 0 Å². The summed E-state index contributed by atoms with van der Waals surface area (Å²) in [6.07, 6.45) is 4.61. The fraction of sp³-hybridized carbons (Fsp3) is 0.588. The van der Waals surface area contributed by atoms with E-state index < -0.39 is 0 Å². The lowest BCUT2D eigenvalue weighted by Gasteiger charge is -2.15. The van der Waals surface area contributed by atoms with Gasteiger partial charge in [0, 0.05) is 18.0 Å². The molecule has 0 aliphatic rings. The van der Waals surface area contributed by atoms with E-state index in [1.54, 1.807) is 0 Å². The summed E-state index contributed by atoms with van der Waals surface area (Å²) in [5, 5.41) is 9.73. The molecule has 0 radical (unpaired) electrons. The summed E-state index contributed by atoms with van der Waals surface area (Å²) in [5.41, 5.74) is 2.51. The molecule has 0 saturated heterocycles. The predicted molar refractivity (Wildman–Crippen MR) is 86.1 cm³/mol. The Bertz CT molecular complexity index is 530. The second kappa shape index (κ2) is 7.44. The SMILES string of the molecule is CCCNC(CC)CCc1nn(CC)c2ccccc12. The molecular formula is C17H27N3. The fourth-order valence-electron chi connectivity index (χ4n) is 2.73. The number of nitrogens with one attached hydrogen (secondary N) is 1. The summed E-state index contributed by atoms with van der Waals surface area (Å²) in [7, 11) is 0. The van der Waals surface area contributed by atoms with Gasteiger partial charge in [0.2, 0.25) is 0 Å². The molecule has 0 aliphatic carbocycles. The number of para-hydroxylation sites is 1. The molecule has 1 unspecified atom stereocenters. The van der Waals surface area contributed by atoms with Gasteiger partial charge in [-0.15, -0.1) is 0 Å². The van der Waals surface area contributed by atoms with Gasteiger partial charge in [-0.25, -0.2) is 0 Å². The van der Waals surface area contributed by atoms with Gasteiger partial charge in [0.05, 0.1) is 11.2 Å². The highest BCUT2D eigenvalue weighted by atomic mass is 15.3. The Morgan fingerprint density at radius 2 is 2.00 bits per heavy atom. The van der Waals surface area contributed by atoms with Crippen LogP contribution in [0.3, 0.4) is 0 Å². The summed E-state index contributed by atoms with van der Waals surface area (Å²) in [4.78, 5) is 0. The van der Waals surface area contributed by atoms with E-state index in [2.05, 4.69) is 55.0 Å². The van der Waals surface area contributed by atoms with Gasteiger partial charge in [0.25, 0.3) is 0 Å². The van der Waals surface area contributed by atoms with Crippen molar-refractivity contribution in [3.05, 3.63) is 30.0 Å². The number of aryl methyl sites for hydroxylation is 2. The quantitative estimate of drug-likeness (QED) is 0.793. The van der Waals surface area contributed by atoms with Gasteiger partial charge < -0.3 is 5.32 Å². The molecule has 2 rings (SSSR count). The van der Waals surface area contributed by atoms with Crippen molar-refractivity contribution in [2.75, 3.05) is 6.54 Å². The molecule has 0 amide bonds. The lowest BCUT2D eigenvalue weighted by molar-refractivity contribution is 0.465. The molecular weight excluding hydrogens is 246 g/mol. The average Bonchev–Trinajstić information content (AvgIpc) is 2.86. The second-order valence-corrected chi connectivity index (χ2v) is 5.38. The van der Waals surface area contributed by atoms with Crippen LogP contribution >= 0.6 is 0 Å². The molecule has 1 N–H and O–H groups in total. The van der Waals surface area contributed by atoms with Crippen molar-refractivity contribution in [3.8, 4) is 0 Å². The third-order valence-electron chi connectivity index (χ3n) is 3.94. The molecule has 0 bridgehead atoms. The van der Waals surface area contributed by atoms with Crippen LogP contribution in [0.2, 0.25) is 0 Å². The highest BCUT2D eigenvalue weighted by Gasteiger charge is 2.11. The van der Waals surface area contributed by atoms with Gasteiger partial charge in [-0.2, -0.15) is 5.10 Å². The molecule has 1 aromatic carbocycles. The minimum absolute atomic E-state index is 0.612. The first kappa shape index (κ1) is 15.0. The normalized spacial score (nSPS) is 12.9. The van der Waals surface area contributed by atoms with E-state index in [9.17, 15) is 0 Å². The van der Waals surface area contributed by atoms with E-state index in [1.165, 1.54) is 35.9 Å². The first-order chi connectivity index (χ1) is 9.80. The zero-order valence-corrected chi connectivity index (χ0v) is 13.0. The van der Waals surface area contributed by atoms with Crippen molar-refractivity contribution in [2.45, 2.75) is 59.0 Å². The Morgan fingerprint density at radius 1 is 1.20 bits per heavy atom. The average molecular weight is 273 g/mol. The van der Waals surface area contributed by atoms with Crippen LogP contribution in [0, 0.1) is 0 Å². The number of hydrogen-bond acceptors (Lipinski definition) is 2. The van der Waals surface area contributed by atoms with Crippen molar-refractivity contribution in [3.63, 3.8) is 0 Å². The van der Waals surface area contributed by atoms with Gasteiger partial charge in [-0.05, 0) is 45.2 Å². The van der Waals surface area contributed by atoms with Crippen LogP contribution < -0.4 is 5.32 Å². The van der Waals surface area contributed by atoms with Gasteiger partial charge in [-0.1, -0.05) is 32.0 Å². The minimum atomic E-state index is 0.612. The Kier molecular flexibility index (Phi) is 5.60. The first-order valence-electron chi connectivity index (χ1n) is 7.97. The van der Waals surface area contributed by atoms with Gasteiger partial charge in [0.15, 0.2) is 0 Å². The topological polar surface area (TPSA) is 29.9 Å². The molecule has 2 aromatic rings. The molecule has 20 heavy (non-hydrogen) atoms. The molecule has 0 aliphatic heterocycles. The maximum Gasteiger partial charge on any atom is 0.0703 e. The number of nitrogens with zero attached hydrogens (tertiary/aromatic N) is 2. The van der Waals surface area contributed by atoms with Crippen LogP contribution in [0.5, 0.6) is 0 Å². The number of aromatic nitrogens is 2. The van der Waals surface area contributed by atoms with Crippen molar-refractivity contribution >= 4 is 10.9 Å². The van der Waals surface area contributed by atoms with Gasteiger partial charge in [-0.3, -0.25) is 4.68 Å². The van der Waals surface area contributed by atoms with Crippen molar-refractivity contribution in [2.24, 2.45) is 0 Å². The number of benzene rings is 1. The zero-order valence-electron chi connectivity index (χ0n) is 13.0. The maximum absolute atomic E-state index is 4.78. The third-order valence-corrected chi connectivity index (χ3v) is 3.94. The standard InChI is InChI=1S/C17H27N3/c1-4-13-18-14(5-2)11-12-16-15-9-7-8-10-17(15)20(6-3)19-16/h7-10,14,18H,4-6,11-13H2,1-3H3. The molecule has 1 atom stereocenters. The predicted octanol–water partition coefficient (Wildman–Crippen LogP) is 3.77. The second-order valence-electron chi connectivity index (χ2n) is 5.38. The van der Waals surface area contributed by atoms with E-state index in [0.717, 1.165) is 19.5 Å². The summed E-state index contributed by atoms with van der Waals surface area (Å²) < 4.78 is 2.12. The molecule has 1 aromatic heterocycles. The monoisotopic (exact) mass is 273 g/mol. The number of fused-ring (bicyclic) bond motifs is 1. The van der Waals surface area contributed by atoms with Crippen molar-refractivity contribution in [1.29, 1.82) is 0 Å². The molecule has 3 nitrogen and oxygen atoms in total. The largest absolute Gasteiger partial charge is 0.314 e. The lowest BCUT2D eigenvalue weighted by Crippen LogP contribution is -2.29. The van der Waals surface area contributed by atoms with E-state index in [1.807, 2.05) is 0 Å². The summed E-state index contributed by atoms with van der Waals surface area (Å²) >= 11 is 0. The Balaban J connectivity index is 2.09. The highest BCUT2D eigenvalue weighted by molar-refractivity contribution is 5.81. The van der Waals surface area contributed by atoms with E-state index >= 15 is 0 Å². The summed E-state index contributed by atoms with van der Waals surface area (Å²) in [5.74, 6) is 0. The first-order valence-corrected chi connectivity index (χ1v) is 7.97. The smallest absolute Gasteiger partial charge is 0.0703 e. The van der Waals surface area contributed by atoms with Crippen LogP contribution in [0.15, 0.2) is 24.3 Å². The molecule has 0 saturated carbocycles. The van der Waals surface area contributed by atoms with Crippen LogP contribution in [0.1, 0.15) is 45.7 Å². The molecule has 3 heteroatoms. The van der Waals surface area contributed by atoms with Crippen LogP contribution in [0.25, 0.3) is 10.9 Å². The lowest BCUT2D eigenvalue weighted by atomic mass is 10.0. The Hall–Kier alpha value is -1.35. The summed E-state index contributed by atoms with van der Waals surface area (Å²) in [6, 6.07) is 9.18. The molecule has 0 spiro atoms. The van der Waals surface area contributed by atoms with Crippen molar-refractivity contribution in [1.82, 2.24) is 15.1 Å². The van der Waals surface area contributed by atoms with Crippen LogP contribution in [-0.2, 0) is 13.0 Å². The highest BCUT2D eigenvalue weighted by Crippen LogP contribution is 2.20. The summed E-state index contributed by atoms with van der Waals surface area (Å²) in [6.45, 7) is 8.68. The van der Waals surface area contributed by atoms with Gasteiger partial charge in [0.1, 0.15) is 0 Å². The Morgan fingerprint density at radius 3 is 2.70 bits per heavy atom. The Labute approximate surface area is 122 Å². The molecule has 110 valence electrons. The van der Waals surface area contributed by atoms with Gasteiger partial charge >= 0.3 is 0 Å². The van der Waals surface area contributed by atoms with E-state index in [4.69, 9.17) is 5.10 Å². The maximum atomic E-state index is 4.78. The molecule has 1 heterocycles. The zero-order chi connectivity index (χ0) is 14.4. The fourth-order valence-corrected chi connectivity index (χ4v) is 2.73. The van der Waals surface area contributed by atoms with Crippen LogP contribution in [0.4, 0.5) is 0 Å². The van der Waals surface area contributed by atoms with Crippen LogP contribution in [-0.4, -0.2) is 22.4 Å². The molecule has 0 fully saturated rings. The number of rotatable bonds is 8. The minimum Gasteiger partial charge on any atom is -0.314 e.